The van der Waals surface area contributed by atoms with Gasteiger partial charge in [-0.25, -0.2) is 5.01 Å². The zero-order valence-corrected chi connectivity index (χ0v) is 16.0. The average molecular weight is 393 g/mol. The molecule has 2 saturated heterocycles. The van der Waals surface area contributed by atoms with Crippen molar-refractivity contribution in [2.75, 3.05) is 13.1 Å². The summed E-state index contributed by atoms with van der Waals surface area (Å²) in [7, 11) is 0. The second-order valence-electron chi connectivity index (χ2n) is 7.19. The minimum Gasteiger partial charge on any atom is -0.457 e. The minimum atomic E-state index is -0.699. The number of para-hydroxylation sites is 1. The molecule has 0 spiro atoms. The average Bonchev–Trinajstić information content (AvgIpc) is 2.87. The molecule has 2 fully saturated rings. The van der Waals surface area contributed by atoms with Crippen LogP contribution in [0.5, 0.6) is 11.5 Å². The van der Waals surface area contributed by atoms with Crippen LogP contribution in [0.4, 0.5) is 0 Å². The Hall–Kier alpha value is -3.35. The van der Waals surface area contributed by atoms with E-state index in [9.17, 15) is 14.4 Å². The molecule has 0 saturated carbocycles. The molecule has 2 aromatic carbocycles. The molecular weight excluding hydrogens is 370 g/mol. The van der Waals surface area contributed by atoms with E-state index in [0.717, 1.165) is 12.8 Å². The van der Waals surface area contributed by atoms with Gasteiger partial charge in [0, 0.05) is 25.1 Å². The lowest BCUT2D eigenvalue weighted by molar-refractivity contribution is -0.165. The summed E-state index contributed by atoms with van der Waals surface area (Å²) >= 11 is 0. The van der Waals surface area contributed by atoms with E-state index in [4.69, 9.17) is 4.74 Å². The number of hydrazine groups is 1. The molecule has 1 atom stereocenters. The topological polar surface area (TPSA) is 79.0 Å². The van der Waals surface area contributed by atoms with Crippen LogP contribution in [0.3, 0.4) is 0 Å². The summed E-state index contributed by atoms with van der Waals surface area (Å²) in [6.07, 6.45) is 2.31. The van der Waals surface area contributed by atoms with Gasteiger partial charge in [-0.1, -0.05) is 18.2 Å². The quantitative estimate of drug-likeness (QED) is 0.866. The molecule has 150 valence electrons. The fourth-order valence-electron chi connectivity index (χ4n) is 3.63. The summed E-state index contributed by atoms with van der Waals surface area (Å²) in [5.41, 5.74) is 0.435. The van der Waals surface area contributed by atoms with Crippen molar-refractivity contribution in [1.82, 2.24) is 15.3 Å². The number of nitrogens with zero attached hydrogens (tertiary/aromatic N) is 2. The van der Waals surface area contributed by atoms with Gasteiger partial charge in [0.2, 0.25) is 5.91 Å². The van der Waals surface area contributed by atoms with Crippen molar-refractivity contribution in [3.05, 3.63) is 60.2 Å². The summed E-state index contributed by atoms with van der Waals surface area (Å²) in [5, 5.41) is 5.83. The molecule has 0 unspecified atom stereocenters. The Bertz CT molecular complexity index is 898. The first kappa shape index (κ1) is 19.0. The lowest BCUT2D eigenvalue weighted by Crippen LogP contribution is -2.56. The van der Waals surface area contributed by atoms with Crippen molar-refractivity contribution in [2.45, 2.75) is 31.7 Å². The van der Waals surface area contributed by atoms with Crippen LogP contribution in [-0.2, 0) is 9.59 Å². The van der Waals surface area contributed by atoms with Crippen LogP contribution in [0.25, 0.3) is 0 Å². The molecule has 0 bridgehead atoms. The van der Waals surface area contributed by atoms with Crippen LogP contribution in [0, 0.1) is 0 Å². The first-order valence-corrected chi connectivity index (χ1v) is 9.87. The number of ether oxygens (including phenoxy) is 1. The van der Waals surface area contributed by atoms with Crippen LogP contribution in [0.2, 0.25) is 0 Å². The minimum absolute atomic E-state index is 0.0581. The summed E-state index contributed by atoms with van der Waals surface area (Å²) in [6.45, 7) is 1.08. The van der Waals surface area contributed by atoms with Crippen molar-refractivity contribution in [1.29, 1.82) is 0 Å². The van der Waals surface area contributed by atoms with Gasteiger partial charge in [-0.3, -0.25) is 19.4 Å². The van der Waals surface area contributed by atoms with Gasteiger partial charge in [-0.15, -0.1) is 0 Å². The number of hydrogen-bond acceptors (Lipinski definition) is 4. The zero-order chi connectivity index (χ0) is 20.2. The first-order valence-electron chi connectivity index (χ1n) is 9.87. The van der Waals surface area contributed by atoms with Gasteiger partial charge in [0.15, 0.2) is 0 Å². The third kappa shape index (κ3) is 4.23. The molecule has 2 aliphatic rings. The van der Waals surface area contributed by atoms with Crippen LogP contribution in [0.1, 0.15) is 36.0 Å². The van der Waals surface area contributed by atoms with E-state index >= 15 is 0 Å². The molecule has 2 aliphatic heterocycles. The van der Waals surface area contributed by atoms with Gasteiger partial charge < -0.3 is 10.1 Å². The number of carbonyl (C=O) groups is 3. The predicted octanol–water partition coefficient (Wildman–Crippen LogP) is 2.74. The first-order chi connectivity index (χ1) is 14.1. The largest absolute Gasteiger partial charge is 0.457 e. The maximum absolute atomic E-state index is 12.8. The normalized spacial score (nSPS) is 19.4. The van der Waals surface area contributed by atoms with Crippen LogP contribution in [-0.4, -0.2) is 46.9 Å². The van der Waals surface area contributed by atoms with E-state index in [0.29, 0.717) is 36.6 Å². The van der Waals surface area contributed by atoms with E-state index in [1.165, 1.54) is 10.0 Å². The fraction of sp³-hybridized carbons (Fsp3) is 0.318. The number of amides is 3. The van der Waals surface area contributed by atoms with Gasteiger partial charge >= 0.3 is 0 Å². The number of rotatable bonds is 4. The number of carbonyl (C=O) groups excluding carboxylic acids is 3. The molecule has 0 radical (unpaired) electrons. The fourth-order valence-corrected chi connectivity index (χ4v) is 3.63. The molecule has 2 heterocycles. The van der Waals surface area contributed by atoms with Crippen molar-refractivity contribution < 1.29 is 19.1 Å². The highest BCUT2D eigenvalue weighted by molar-refractivity contribution is 5.98. The Morgan fingerprint density at radius 2 is 1.55 bits per heavy atom. The van der Waals surface area contributed by atoms with E-state index in [-0.39, 0.29) is 24.1 Å². The van der Waals surface area contributed by atoms with Crippen LogP contribution in [0.15, 0.2) is 54.6 Å². The molecule has 29 heavy (non-hydrogen) atoms. The van der Waals surface area contributed by atoms with Gasteiger partial charge in [-0.2, -0.15) is 0 Å². The third-order valence-corrected chi connectivity index (χ3v) is 5.17. The second-order valence-corrected chi connectivity index (χ2v) is 7.19. The summed E-state index contributed by atoms with van der Waals surface area (Å²) in [5.74, 6) is 0.718. The lowest BCUT2D eigenvalue weighted by atomic mass is 10.1. The van der Waals surface area contributed by atoms with Crippen molar-refractivity contribution in [2.24, 2.45) is 0 Å². The molecule has 2 aromatic rings. The highest BCUT2D eigenvalue weighted by Gasteiger charge is 2.37. The van der Waals surface area contributed by atoms with Crippen molar-refractivity contribution >= 4 is 17.7 Å². The zero-order valence-electron chi connectivity index (χ0n) is 16.0. The standard InChI is InChI=1S/C22H23N3O4/c26-20-13-12-19(22(28)25-15-5-4-14-24(20)25)23-21(27)16-8-10-18(11-9-16)29-17-6-2-1-3-7-17/h1-3,6-11,19H,4-5,12-15H2,(H,23,27)/t19-/m0/s1. The number of fused-ring (bicyclic) bond motifs is 1. The predicted molar refractivity (Wildman–Crippen MR) is 106 cm³/mol. The summed E-state index contributed by atoms with van der Waals surface area (Å²) in [6, 6.07) is 15.4. The highest BCUT2D eigenvalue weighted by Crippen LogP contribution is 2.22. The number of nitrogens with one attached hydrogen (secondary N) is 1. The number of hydrogen-bond donors (Lipinski definition) is 1. The van der Waals surface area contributed by atoms with Crippen LogP contribution >= 0.6 is 0 Å². The maximum Gasteiger partial charge on any atom is 0.263 e. The maximum atomic E-state index is 12.8. The van der Waals surface area contributed by atoms with Gasteiger partial charge in [0.25, 0.3) is 11.8 Å². The molecule has 0 aromatic heterocycles. The molecular formula is C22H23N3O4. The summed E-state index contributed by atoms with van der Waals surface area (Å²) in [4.78, 5) is 37.8. The monoisotopic (exact) mass is 393 g/mol. The Balaban J connectivity index is 1.42. The van der Waals surface area contributed by atoms with E-state index in [2.05, 4.69) is 5.32 Å². The molecule has 1 N–H and O–H groups in total. The Morgan fingerprint density at radius 1 is 0.897 bits per heavy atom. The highest BCUT2D eigenvalue weighted by atomic mass is 16.5. The lowest BCUT2D eigenvalue weighted by Gasteiger charge is -2.37. The number of benzene rings is 2. The van der Waals surface area contributed by atoms with Crippen molar-refractivity contribution in [3.8, 4) is 11.5 Å². The van der Waals surface area contributed by atoms with E-state index in [1.54, 1.807) is 24.3 Å². The molecule has 4 rings (SSSR count). The molecule has 3 amide bonds. The third-order valence-electron chi connectivity index (χ3n) is 5.17. The van der Waals surface area contributed by atoms with Crippen LogP contribution < -0.4 is 10.1 Å². The Kier molecular flexibility index (Phi) is 5.46. The van der Waals surface area contributed by atoms with Gasteiger partial charge in [0.05, 0.1) is 0 Å². The summed E-state index contributed by atoms with van der Waals surface area (Å²) < 4.78 is 5.73. The molecule has 0 aliphatic carbocycles. The Labute approximate surface area is 169 Å². The Morgan fingerprint density at radius 3 is 2.28 bits per heavy atom. The van der Waals surface area contributed by atoms with E-state index < -0.39 is 6.04 Å². The second kappa shape index (κ2) is 8.34. The smallest absolute Gasteiger partial charge is 0.263 e. The van der Waals surface area contributed by atoms with Crippen molar-refractivity contribution in [3.63, 3.8) is 0 Å². The van der Waals surface area contributed by atoms with E-state index in [1.807, 2.05) is 30.3 Å². The molecule has 7 nitrogen and oxygen atoms in total. The van der Waals surface area contributed by atoms with Gasteiger partial charge in [-0.05, 0) is 55.7 Å². The van der Waals surface area contributed by atoms with Gasteiger partial charge in [0.1, 0.15) is 17.5 Å². The molecule has 7 heteroatoms. The SMILES string of the molecule is O=C(N[C@H]1CCC(=O)N2CCCCN2C1=O)c1ccc(Oc2ccccc2)cc1.